The summed E-state index contributed by atoms with van der Waals surface area (Å²) in [6, 6.07) is 0. The molecule has 1 heterocycles. The van der Waals surface area contributed by atoms with Crippen molar-refractivity contribution < 1.29 is 9.84 Å². The number of hydrogen-bond donors (Lipinski definition) is 1. The Hall–Kier alpha value is -0.0800. The highest BCUT2D eigenvalue weighted by Crippen LogP contribution is 2.32. The quantitative estimate of drug-likeness (QED) is 0.681. The van der Waals surface area contributed by atoms with Crippen LogP contribution in [0.1, 0.15) is 46.0 Å². The molecule has 2 heteroatoms. The Morgan fingerprint density at radius 3 is 2.82 bits per heavy atom. The van der Waals surface area contributed by atoms with Crippen LogP contribution in [0.4, 0.5) is 0 Å². The lowest BCUT2D eigenvalue weighted by Crippen LogP contribution is -2.24. The van der Waals surface area contributed by atoms with E-state index < -0.39 is 6.29 Å². The molecule has 0 amide bonds. The molecule has 0 aromatic rings. The second-order valence-corrected chi connectivity index (χ2v) is 3.66. The summed E-state index contributed by atoms with van der Waals surface area (Å²) in [6.45, 7) is 4.27. The van der Waals surface area contributed by atoms with Crippen LogP contribution >= 0.6 is 0 Å². The van der Waals surface area contributed by atoms with E-state index in [0.29, 0.717) is 0 Å². The van der Waals surface area contributed by atoms with E-state index in [1.54, 1.807) is 0 Å². The minimum atomic E-state index is -0.503. The fourth-order valence-electron chi connectivity index (χ4n) is 1.61. The summed E-state index contributed by atoms with van der Waals surface area (Å²) in [5.74, 6) is 0. The van der Waals surface area contributed by atoms with Crippen molar-refractivity contribution >= 4 is 0 Å². The first kappa shape index (κ1) is 9.01. The highest BCUT2D eigenvalue weighted by Gasteiger charge is 2.33. The maximum Gasteiger partial charge on any atom is 0.155 e. The fourth-order valence-corrected chi connectivity index (χ4v) is 1.61. The lowest BCUT2D eigenvalue weighted by molar-refractivity contribution is -0.133. The average Bonchev–Trinajstić information content (AvgIpc) is 2.28. The van der Waals surface area contributed by atoms with Gasteiger partial charge in [0.15, 0.2) is 6.29 Å². The number of unbranched alkanes of at least 4 members (excludes halogenated alkanes) is 1. The molecule has 0 bridgehead atoms. The van der Waals surface area contributed by atoms with Crippen LogP contribution in [-0.4, -0.2) is 17.0 Å². The molecule has 11 heavy (non-hydrogen) atoms. The van der Waals surface area contributed by atoms with Gasteiger partial charge in [-0.2, -0.15) is 0 Å². The van der Waals surface area contributed by atoms with Gasteiger partial charge >= 0.3 is 0 Å². The van der Waals surface area contributed by atoms with Crippen LogP contribution in [0.3, 0.4) is 0 Å². The maximum absolute atomic E-state index is 9.14. The summed E-state index contributed by atoms with van der Waals surface area (Å²) in [7, 11) is 0. The summed E-state index contributed by atoms with van der Waals surface area (Å²) >= 11 is 0. The molecular formula is C9H18O2. The molecule has 1 fully saturated rings. The van der Waals surface area contributed by atoms with Gasteiger partial charge in [-0.25, -0.2) is 0 Å². The van der Waals surface area contributed by atoms with E-state index in [-0.39, 0.29) is 5.60 Å². The summed E-state index contributed by atoms with van der Waals surface area (Å²) in [5, 5.41) is 9.14. The summed E-state index contributed by atoms with van der Waals surface area (Å²) < 4.78 is 5.41. The van der Waals surface area contributed by atoms with Crippen molar-refractivity contribution in [2.45, 2.75) is 57.8 Å². The molecule has 0 aromatic heterocycles. The SMILES string of the molecule is CCCCC1(C)CCC(O)O1. The number of aliphatic hydroxyl groups excluding tert-OH is 1. The van der Waals surface area contributed by atoms with E-state index in [9.17, 15) is 0 Å². The first-order chi connectivity index (χ1) is 5.16. The molecule has 1 N–H and O–H groups in total. The molecule has 0 saturated carbocycles. The number of hydrogen-bond acceptors (Lipinski definition) is 2. The van der Waals surface area contributed by atoms with E-state index in [0.717, 1.165) is 19.3 Å². The van der Waals surface area contributed by atoms with Crippen LogP contribution in [0.15, 0.2) is 0 Å². The molecule has 1 aliphatic heterocycles. The van der Waals surface area contributed by atoms with Gasteiger partial charge in [-0.3, -0.25) is 0 Å². The Kier molecular flexibility index (Phi) is 2.90. The van der Waals surface area contributed by atoms with Gasteiger partial charge in [-0.1, -0.05) is 19.8 Å². The number of rotatable bonds is 3. The van der Waals surface area contributed by atoms with Gasteiger partial charge in [0.1, 0.15) is 0 Å². The molecule has 1 aliphatic rings. The zero-order valence-electron chi connectivity index (χ0n) is 7.47. The van der Waals surface area contributed by atoms with Crippen molar-refractivity contribution in [3.8, 4) is 0 Å². The normalized spacial score (nSPS) is 37.9. The van der Waals surface area contributed by atoms with Gasteiger partial charge in [0, 0.05) is 6.42 Å². The van der Waals surface area contributed by atoms with E-state index in [4.69, 9.17) is 9.84 Å². The molecule has 2 atom stereocenters. The Morgan fingerprint density at radius 1 is 1.64 bits per heavy atom. The number of ether oxygens (including phenoxy) is 1. The first-order valence-electron chi connectivity index (χ1n) is 4.52. The van der Waals surface area contributed by atoms with Crippen LogP contribution < -0.4 is 0 Å². The smallest absolute Gasteiger partial charge is 0.155 e. The van der Waals surface area contributed by atoms with Gasteiger partial charge < -0.3 is 9.84 Å². The van der Waals surface area contributed by atoms with Crippen molar-refractivity contribution in [1.82, 2.24) is 0 Å². The van der Waals surface area contributed by atoms with Gasteiger partial charge in [0.05, 0.1) is 5.60 Å². The molecule has 0 radical (unpaired) electrons. The van der Waals surface area contributed by atoms with Gasteiger partial charge in [0.2, 0.25) is 0 Å². The second kappa shape index (κ2) is 3.55. The Morgan fingerprint density at radius 2 is 2.36 bits per heavy atom. The van der Waals surface area contributed by atoms with E-state index >= 15 is 0 Å². The molecule has 2 unspecified atom stereocenters. The Balaban J connectivity index is 2.29. The van der Waals surface area contributed by atoms with Crippen LogP contribution in [0.2, 0.25) is 0 Å². The minimum Gasteiger partial charge on any atom is -0.368 e. The topological polar surface area (TPSA) is 29.5 Å². The molecule has 1 saturated heterocycles. The lowest BCUT2D eigenvalue weighted by atomic mass is 9.96. The molecule has 0 aliphatic carbocycles. The summed E-state index contributed by atoms with van der Waals surface area (Å²) in [5.41, 5.74) is -0.0323. The van der Waals surface area contributed by atoms with Crippen molar-refractivity contribution in [2.24, 2.45) is 0 Å². The third-order valence-electron chi connectivity index (χ3n) is 2.40. The standard InChI is InChI=1S/C9H18O2/c1-3-4-6-9(2)7-5-8(10)11-9/h8,10H,3-7H2,1-2H3. The molecule has 66 valence electrons. The molecule has 0 spiro atoms. The third-order valence-corrected chi connectivity index (χ3v) is 2.40. The Bertz CT molecular complexity index is 125. The van der Waals surface area contributed by atoms with Crippen LogP contribution in [0, 0.1) is 0 Å². The van der Waals surface area contributed by atoms with E-state index in [1.165, 1.54) is 12.8 Å². The first-order valence-corrected chi connectivity index (χ1v) is 4.52. The monoisotopic (exact) mass is 158 g/mol. The minimum absolute atomic E-state index is 0.0323. The average molecular weight is 158 g/mol. The van der Waals surface area contributed by atoms with Crippen molar-refractivity contribution in [1.29, 1.82) is 0 Å². The van der Waals surface area contributed by atoms with E-state index in [1.807, 2.05) is 0 Å². The lowest BCUT2D eigenvalue weighted by Gasteiger charge is -2.23. The van der Waals surface area contributed by atoms with Gasteiger partial charge in [0.25, 0.3) is 0 Å². The fraction of sp³-hybridized carbons (Fsp3) is 1.00. The zero-order valence-corrected chi connectivity index (χ0v) is 7.47. The summed E-state index contributed by atoms with van der Waals surface area (Å²) in [6.07, 6.45) is 4.80. The second-order valence-electron chi connectivity index (χ2n) is 3.66. The van der Waals surface area contributed by atoms with E-state index in [2.05, 4.69) is 13.8 Å². The number of aliphatic hydroxyl groups is 1. The van der Waals surface area contributed by atoms with Crippen molar-refractivity contribution in [3.05, 3.63) is 0 Å². The predicted molar refractivity (Wildman–Crippen MR) is 44.3 cm³/mol. The Labute approximate surface area is 68.6 Å². The molecule has 2 nitrogen and oxygen atoms in total. The molecule has 1 rings (SSSR count). The maximum atomic E-state index is 9.14. The van der Waals surface area contributed by atoms with Crippen molar-refractivity contribution in [2.75, 3.05) is 0 Å². The zero-order chi connectivity index (χ0) is 8.32. The van der Waals surface area contributed by atoms with Crippen LogP contribution in [0.25, 0.3) is 0 Å². The third kappa shape index (κ3) is 2.46. The highest BCUT2D eigenvalue weighted by molar-refractivity contribution is 4.81. The van der Waals surface area contributed by atoms with Crippen LogP contribution in [0.5, 0.6) is 0 Å². The highest BCUT2D eigenvalue weighted by atomic mass is 16.6. The predicted octanol–water partition coefficient (Wildman–Crippen LogP) is 2.06. The van der Waals surface area contributed by atoms with Crippen LogP contribution in [-0.2, 0) is 4.74 Å². The van der Waals surface area contributed by atoms with Crippen molar-refractivity contribution in [3.63, 3.8) is 0 Å². The largest absolute Gasteiger partial charge is 0.368 e. The van der Waals surface area contributed by atoms with Gasteiger partial charge in [-0.15, -0.1) is 0 Å². The molecular weight excluding hydrogens is 140 g/mol. The summed E-state index contributed by atoms with van der Waals surface area (Å²) in [4.78, 5) is 0. The molecule has 0 aromatic carbocycles. The van der Waals surface area contributed by atoms with Gasteiger partial charge in [-0.05, 0) is 19.8 Å².